The van der Waals surface area contributed by atoms with Gasteiger partial charge in [0.1, 0.15) is 19.3 Å². The average Bonchev–Trinajstić information content (AvgIpc) is 3.47. The summed E-state index contributed by atoms with van der Waals surface area (Å²) >= 11 is 0. The molecule has 0 bridgehead atoms. The topological polar surface area (TPSA) is 237 Å². The standard InChI is InChI=1S/C65H126O17P2/c1-5-9-13-17-20-23-26-28-29-30-31-32-34-37-40-44-48-52-65(70)82-61(56-76-63(68)50-46-42-38-36-33-27-24-21-18-14-10-6-2)58-80-84(73,74)78-54-59(66)53-77-83(71,72)79-57-60(55-75-62(67)49-45-41-16-12-8-4)81-64(69)51-47-43-39-35-25-22-19-15-11-7-3/h59-61,66H,5-58H2,1-4H3,(H,71,72)(H,73,74)/t59-,60+,61+/m0/s1. The Bertz CT molecular complexity index is 1620. The van der Waals surface area contributed by atoms with Gasteiger partial charge in [-0.2, -0.15) is 0 Å². The molecule has 0 aromatic rings. The van der Waals surface area contributed by atoms with Crippen LogP contribution >= 0.6 is 15.6 Å². The van der Waals surface area contributed by atoms with Crippen molar-refractivity contribution in [3.63, 3.8) is 0 Å². The summed E-state index contributed by atoms with van der Waals surface area (Å²) in [4.78, 5) is 72.0. The Balaban J connectivity index is 5.15. The third kappa shape index (κ3) is 59.0. The van der Waals surface area contributed by atoms with E-state index in [9.17, 15) is 43.2 Å². The van der Waals surface area contributed by atoms with E-state index in [-0.39, 0.29) is 25.7 Å². The lowest BCUT2D eigenvalue weighted by Crippen LogP contribution is -2.30. The van der Waals surface area contributed by atoms with Crippen LogP contribution in [0.3, 0.4) is 0 Å². The van der Waals surface area contributed by atoms with Gasteiger partial charge in [0.2, 0.25) is 0 Å². The molecule has 0 heterocycles. The Morgan fingerprint density at radius 1 is 0.286 bits per heavy atom. The van der Waals surface area contributed by atoms with Gasteiger partial charge in [0.25, 0.3) is 0 Å². The number of phosphoric acid groups is 2. The Labute approximate surface area is 511 Å². The maximum Gasteiger partial charge on any atom is 0.472 e. The Hall–Kier alpha value is -1.94. The van der Waals surface area contributed by atoms with Gasteiger partial charge in [-0.1, -0.05) is 285 Å². The number of ether oxygens (including phenoxy) is 4. The predicted molar refractivity (Wildman–Crippen MR) is 335 cm³/mol. The molecule has 17 nitrogen and oxygen atoms in total. The van der Waals surface area contributed by atoms with Gasteiger partial charge < -0.3 is 33.8 Å². The number of rotatable bonds is 66. The average molecular weight is 1240 g/mol. The molecule has 0 saturated heterocycles. The fourth-order valence-electron chi connectivity index (χ4n) is 9.81. The summed E-state index contributed by atoms with van der Waals surface area (Å²) in [5, 5.41) is 10.5. The highest BCUT2D eigenvalue weighted by atomic mass is 31.2. The molecule has 0 aliphatic heterocycles. The van der Waals surface area contributed by atoms with Crippen LogP contribution in [-0.4, -0.2) is 96.7 Å². The minimum Gasteiger partial charge on any atom is -0.462 e. The summed E-state index contributed by atoms with van der Waals surface area (Å²) in [5.41, 5.74) is 0. The third-order valence-electron chi connectivity index (χ3n) is 15.1. The Kier molecular flexibility index (Phi) is 58.6. The fraction of sp³-hybridized carbons (Fsp3) is 0.938. The van der Waals surface area contributed by atoms with Gasteiger partial charge in [-0.25, -0.2) is 9.13 Å². The molecule has 0 spiro atoms. The number of unbranched alkanes of at least 4 members (excludes halogenated alkanes) is 40. The van der Waals surface area contributed by atoms with Gasteiger partial charge in [-0.15, -0.1) is 0 Å². The first kappa shape index (κ1) is 82.1. The van der Waals surface area contributed by atoms with Crippen molar-refractivity contribution in [2.45, 2.75) is 354 Å². The third-order valence-corrected chi connectivity index (χ3v) is 17.0. The SMILES string of the molecule is CCCCCCCCCCCCCCCCCCCC(=O)O[C@H](COC(=O)CCCCCCCCCCCCCC)COP(=O)(O)OC[C@@H](O)COP(=O)(O)OC[C@@H](COC(=O)CCCCCCC)OC(=O)CCCCCCCCCCCC. The van der Waals surface area contributed by atoms with Gasteiger partial charge in [-0.05, 0) is 25.7 Å². The van der Waals surface area contributed by atoms with E-state index < -0.39 is 97.5 Å². The molecule has 3 N–H and O–H groups in total. The van der Waals surface area contributed by atoms with E-state index in [1.54, 1.807) is 0 Å². The first-order valence-corrected chi connectivity index (χ1v) is 37.3. The largest absolute Gasteiger partial charge is 0.472 e. The lowest BCUT2D eigenvalue weighted by atomic mass is 10.0. The highest BCUT2D eigenvalue weighted by molar-refractivity contribution is 7.47. The number of carbonyl (C=O) groups excluding carboxylic acids is 4. The number of esters is 4. The number of hydrogen-bond acceptors (Lipinski definition) is 15. The van der Waals surface area contributed by atoms with Gasteiger partial charge in [0.05, 0.1) is 26.4 Å². The zero-order valence-corrected chi connectivity index (χ0v) is 55.7. The number of aliphatic hydroxyl groups excluding tert-OH is 1. The Morgan fingerprint density at radius 2 is 0.476 bits per heavy atom. The van der Waals surface area contributed by atoms with Gasteiger partial charge in [0, 0.05) is 25.7 Å². The van der Waals surface area contributed by atoms with E-state index >= 15 is 0 Å². The molecule has 0 radical (unpaired) electrons. The molecule has 0 rings (SSSR count). The van der Waals surface area contributed by atoms with Crippen LogP contribution in [0.1, 0.15) is 336 Å². The lowest BCUT2D eigenvalue weighted by molar-refractivity contribution is -0.161. The highest BCUT2D eigenvalue weighted by Gasteiger charge is 2.30. The second-order valence-corrected chi connectivity index (χ2v) is 26.4. The lowest BCUT2D eigenvalue weighted by Gasteiger charge is -2.21. The molecule has 84 heavy (non-hydrogen) atoms. The van der Waals surface area contributed by atoms with Gasteiger partial charge in [-0.3, -0.25) is 37.3 Å². The van der Waals surface area contributed by atoms with Crippen LogP contribution in [0.4, 0.5) is 0 Å². The molecular formula is C65H126O17P2. The molecule has 19 heteroatoms. The highest BCUT2D eigenvalue weighted by Crippen LogP contribution is 2.45. The minimum absolute atomic E-state index is 0.106. The van der Waals surface area contributed by atoms with Gasteiger partial charge in [0.15, 0.2) is 12.2 Å². The second-order valence-electron chi connectivity index (χ2n) is 23.5. The van der Waals surface area contributed by atoms with Crippen LogP contribution in [-0.2, 0) is 65.4 Å². The molecule has 0 aromatic carbocycles. The number of phosphoric ester groups is 2. The predicted octanol–water partition coefficient (Wildman–Crippen LogP) is 18.3. The number of hydrogen-bond donors (Lipinski definition) is 3. The van der Waals surface area contributed by atoms with Crippen molar-refractivity contribution in [1.29, 1.82) is 0 Å². The Morgan fingerprint density at radius 3 is 0.702 bits per heavy atom. The van der Waals surface area contributed by atoms with Crippen LogP contribution in [0.15, 0.2) is 0 Å². The number of carbonyl (C=O) groups is 4. The van der Waals surface area contributed by atoms with Crippen LogP contribution in [0.2, 0.25) is 0 Å². The first-order chi connectivity index (χ1) is 40.7. The molecule has 0 aromatic heterocycles. The van der Waals surface area contributed by atoms with E-state index in [2.05, 4.69) is 27.7 Å². The van der Waals surface area contributed by atoms with Crippen molar-refractivity contribution in [2.75, 3.05) is 39.6 Å². The van der Waals surface area contributed by atoms with Crippen LogP contribution in [0, 0.1) is 0 Å². The quantitative estimate of drug-likeness (QED) is 0.0222. The first-order valence-electron chi connectivity index (χ1n) is 34.3. The van der Waals surface area contributed by atoms with E-state index in [0.29, 0.717) is 25.7 Å². The zero-order valence-electron chi connectivity index (χ0n) is 53.9. The second kappa shape index (κ2) is 60.0. The van der Waals surface area contributed by atoms with Crippen molar-refractivity contribution in [1.82, 2.24) is 0 Å². The number of aliphatic hydroxyl groups is 1. The van der Waals surface area contributed by atoms with E-state index in [1.807, 2.05) is 0 Å². The summed E-state index contributed by atoms with van der Waals surface area (Å²) in [6.45, 7) is 4.81. The normalized spacial score (nSPS) is 14.1. The minimum atomic E-state index is -4.94. The summed E-state index contributed by atoms with van der Waals surface area (Å²) in [6.07, 6.45) is 46.1. The molecule has 0 saturated carbocycles. The van der Waals surface area contributed by atoms with E-state index in [0.717, 1.165) is 96.3 Å². The molecule has 0 fully saturated rings. The van der Waals surface area contributed by atoms with E-state index in [4.69, 9.17) is 37.0 Å². The van der Waals surface area contributed by atoms with E-state index in [1.165, 1.54) is 161 Å². The van der Waals surface area contributed by atoms with Crippen molar-refractivity contribution in [3.05, 3.63) is 0 Å². The van der Waals surface area contributed by atoms with Crippen molar-refractivity contribution in [2.24, 2.45) is 0 Å². The molecule has 0 aliphatic carbocycles. The monoisotopic (exact) mass is 1240 g/mol. The van der Waals surface area contributed by atoms with Crippen LogP contribution in [0.25, 0.3) is 0 Å². The molecule has 0 amide bonds. The van der Waals surface area contributed by atoms with Gasteiger partial charge >= 0.3 is 39.5 Å². The summed E-state index contributed by atoms with van der Waals surface area (Å²) in [7, 11) is -9.88. The summed E-state index contributed by atoms with van der Waals surface area (Å²) < 4.78 is 67.8. The molecule has 2 unspecified atom stereocenters. The molecule has 5 atom stereocenters. The van der Waals surface area contributed by atoms with Crippen molar-refractivity contribution < 1.29 is 80.2 Å². The maximum absolute atomic E-state index is 13.0. The molecule has 0 aliphatic rings. The molecule has 498 valence electrons. The summed E-state index contributed by atoms with van der Waals surface area (Å²) in [6, 6.07) is 0. The molecular weight excluding hydrogens is 1110 g/mol. The van der Waals surface area contributed by atoms with Crippen molar-refractivity contribution in [3.8, 4) is 0 Å². The smallest absolute Gasteiger partial charge is 0.462 e. The van der Waals surface area contributed by atoms with Crippen LogP contribution < -0.4 is 0 Å². The van der Waals surface area contributed by atoms with Crippen LogP contribution in [0.5, 0.6) is 0 Å². The maximum atomic E-state index is 13.0. The van der Waals surface area contributed by atoms with Crippen molar-refractivity contribution >= 4 is 39.5 Å². The fourth-order valence-corrected chi connectivity index (χ4v) is 11.4. The zero-order chi connectivity index (χ0) is 61.9. The summed E-state index contributed by atoms with van der Waals surface area (Å²) in [5.74, 6) is -2.14.